The van der Waals surface area contributed by atoms with Crippen molar-refractivity contribution < 1.29 is 9.84 Å². The predicted molar refractivity (Wildman–Crippen MR) is 75.9 cm³/mol. The van der Waals surface area contributed by atoms with Gasteiger partial charge in [0.25, 0.3) is 0 Å². The van der Waals surface area contributed by atoms with Crippen molar-refractivity contribution in [2.75, 3.05) is 18.1 Å². The Hall–Kier alpha value is 0.01000. The molecule has 2 atom stereocenters. The molecule has 3 heteroatoms. The summed E-state index contributed by atoms with van der Waals surface area (Å²) < 4.78 is 6.12. The van der Waals surface area contributed by atoms with Crippen LogP contribution in [-0.2, 0) is 4.74 Å². The van der Waals surface area contributed by atoms with E-state index < -0.39 is 5.60 Å². The van der Waals surface area contributed by atoms with E-state index in [0.29, 0.717) is 5.92 Å². The number of rotatable bonds is 1. The van der Waals surface area contributed by atoms with Crippen molar-refractivity contribution in [3.63, 3.8) is 0 Å². The first-order valence-corrected chi connectivity index (χ1v) is 8.50. The summed E-state index contributed by atoms with van der Waals surface area (Å²) in [6.45, 7) is 0.839. The van der Waals surface area contributed by atoms with Crippen LogP contribution in [0.15, 0.2) is 12.2 Å². The summed E-state index contributed by atoms with van der Waals surface area (Å²) in [6, 6.07) is 0. The topological polar surface area (TPSA) is 29.5 Å². The zero-order chi connectivity index (χ0) is 12.5. The van der Waals surface area contributed by atoms with Crippen LogP contribution >= 0.6 is 11.8 Å². The van der Waals surface area contributed by atoms with Crippen molar-refractivity contribution in [3.05, 3.63) is 12.2 Å². The molecule has 1 N–H and O–H groups in total. The smallest absolute Gasteiger partial charge is 0.0857 e. The van der Waals surface area contributed by atoms with Crippen LogP contribution < -0.4 is 0 Å². The second kappa shape index (κ2) is 5.18. The van der Waals surface area contributed by atoms with Gasteiger partial charge in [0, 0.05) is 6.61 Å². The Labute approximate surface area is 114 Å². The molecule has 2 fully saturated rings. The lowest BCUT2D eigenvalue weighted by molar-refractivity contribution is -0.137. The summed E-state index contributed by atoms with van der Waals surface area (Å²) in [5.41, 5.74) is -0.450. The highest BCUT2D eigenvalue weighted by atomic mass is 32.2. The molecule has 2 nitrogen and oxygen atoms in total. The summed E-state index contributed by atoms with van der Waals surface area (Å²) in [4.78, 5) is 0. The molecule has 0 bridgehead atoms. The molecule has 3 aliphatic rings. The van der Waals surface area contributed by atoms with Crippen molar-refractivity contribution in [1.29, 1.82) is 0 Å². The van der Waals surface area contributed by atoms with E-state index in [1.54, 1.807) is 0 Å². The monoisotopic (exact) mass is 268 g/mol. The normalized spacial score (nSPS) is 39.9. The van der Waals surface area contributed by atoms with Crippen LogP contribution in [0.5, 0.6) is 0 Å². The summed E-state index contributed by atoms with van der Waals surface area (Å²) in [5, 5.41) is 10.9. The lowest BCUT2D eigenvalue weighted by Gasteiger charge is -2.48. The molecule has 2 heterocycles. The first-order valence-electron chi connectivity index (χ1n) is 7.34. The van der Waals surface area contributed by atoms with E-state index in [-0.39, 0.29) is 5.60 Å². The zero-order valence-electron chi connectivity index (χ0n) is 11.1. The van der Waals surface area contributed by atoms with Gasteiger partial charge in [0.15, 0.2) is 0 Å². The Morgan fingerprint density at radius 1 is 1.22 bits per heavy atom. The second-order valence-corrected chi connectivity index (χ2v) is 7.34. The van der Waals surface area contributed by atoms with E-state index in [0.717, 1.165) is 38.7 Å². The fourth-order valence-electron chi connectivity index (χ4n) is 3.76. The van der Waals surface area contributed by atoms with Crippen LogP contribution in [0.25, 0.3) is 0 Å². The highest BCUT2D eigenvalue weighted by Gasteiger charge is 2.45. The third kappa shape index (κ3) is 2.50. The Balaban J connectivity index is 1.73. The quantitative estimate of drug-likeness (QED) is 0.741. The van der Waals surface area contributed by atoms with Crippen LogP contribution in [0, 0.1) is 5.92 Å². The minimum absolute atomic E-state index is 0.0924. The number of hydrogen-bond acceptors (Lipinski definition) is 3. The Bertz CT molecular complexity index is 317. The van der Waals surface area contributed by atoms with Gasteiger partial charge in [-0.3, -0.25) is 0 Å². The molecule has 2 saturated heterocycles. The third-order valence-electron chi connectivity index (χ3n) is 4.96. The van der Waals surface area contributed by atoms with Gasteiger partial charge in [0.1, 0.15) is 0 Å². The van der Waals surface area contributed by atoms with Crippen LogP contribution in [0.2, 0.25) is 0 Å². The first kappa shape index (κ1) is 13.0. The van der Waals surface area contributed by atoms with Crippen LogP contribution in [0.3, 0.4) is 0 Å². The van der Waals surface area contributed by atoms with E-state index in [4.69, 9.17) is 4.74 Å². The highest BCUT2D eigenvalue weighted by Crippen LogP contribution is 2.45. The number of hydrogen-bond donors (Lipinski definition) is 1. The summed E-state index contributed by atoms with van der Waals surface area (Å²) in [6.07, 6.45) is 11.9. The maximum absolute atomic E-state index is 10.9. The number of aliphatic hydroxyl groups is 1. The standard InChI is InChI=1S/C15H24O2S/c16-15(5-2-1-3-6-15)13-4-9-17-14(12-13)7-10-18-11-8-14/h2,5,13,16H,1,3-4,6-12H2. The maximum atomic E-state index is 10.9. The largest absolute Gasteiger partial charge is 0.386 e. The van der Waals surface area contributed by atoms with E-state index in [2.05, 4.69) is 12.2 Å². The molecule has 18 heavy (non-hydrogen) atoms. The van der Waals surface area contributed by atoms with E-state index >= 15 is 0 Å². The van der Waals surface area contributed by atoms with Crippen molar-refractivity contribution in [3.8, 4) is 0 Å². The van der Waals surface area contributed by atoms with Crippen molar-refractivity contribution in [2.24, 2.45) is 5.92 Å². The minimum Gasteiger partial charge on any atom is -0.386 e. The van der Waals surface area contributed by atoms with Crippen molar-refractivity contribution in [2.45, 2.75) is 56.1 Å². The molecule has 0 aromatic heterocycles. The molecule has 1 spiro atoms. The SMILES string of the molecule is OC1(C2CCOC3(CCSCC3)C2)C=CCCC1. The van der Waals surface area contributed by atoms with E-state index in [9.17, 15) is 5.11 Å². The molecule has 1 aliphatic carbocycles. The lowest BCUT2D eigenvalue weighted by atomic mass is 9.70. The molecule has 0 radical (unpaired) electrons. The lowest BCUT2D eigenvalue weighted by Crippen LogP contribution is -2.49. The van der Waals surface area contributed by atoms with Gasteiger partial charge in [-0.15, -0.1) is 0 Å². The van der Waals surface area contributed by atoms with Gasteiger partial charge in [-0.25, -0.2) is 0 Å². The molecular formula is C15H24O2S. The molecular weight excluding hydrogens is 244 g/mol. The highest BCUT2D eigenvalue weighted by molar-refractivity contribution is 7.99. The Morgan fingerprint density at radius 2 is 2.06 bits per heavy atom. The Kier molecular flexibility index (Phi) is 3.75. The summed E-state index contributed by atoms with van der Waals surface area (Å²) in [5.74, 6) is 2.85. The average molecular weight is 268 g/mol. The summed E-state index contributed by atoms with van der Waals surface area (Å²) >= 11 is 2.04. The van der Waals surface area contributed by atoms with Gasteiger partial charge in [-0.2, -0.15) is 11.8 Å². The van der Waals surface area contributed by atoms with Gasteiger partial charge >= 0.3 is 0 Å². The molecule has 0 aromatic rings. The zero-order valence-corrected chi connectivity index (χ0v) is 11.9. The fourth-order valence-corrected chi connectivity index (χ4v) is 5.00. The maximum Gasteiger partial charge on any atom is 0.0857 e. The fraction of sp³-hybridized carbons (Fsp3) is 0.867. The molecule has 102 valence electrons. The average Bonchev–Trinajstić information content (AvgIpc) is 2.41. The van der Waals surface area contributed by atoms with Crippen LogP contribution in [-0.4, -0.2) is 34.4 Å². The van der Waals surface area contributed by atoms with Gasteiger partial charge in [0.05, 0.1) is 11.2 Å². The second-order valence-electron chi connectivity index (χ2n) is 6.12. The molecule has 2 aliphatic heterocycles. The van der Waals surface area contributed by atoms with Gasteiger partial charge in [-0.05, 0) is 62.4 Å². The van der Waals surface area contributed by atoms with Gasteiger partial charge in [-0.1, -0.05) is 12.2 Å². The van der Waals surface area contributed by atoms with E-state index in [1.807, 2.05) is 11.8 Å². The molecule has 2 unspecified atom stereocenters. The van der Waals surface area contributed by atoms with Crippen LogP contribution in [0.1, 0.15) is 44.9 Å². The number of allylic oxidation sites excluding steroid dienone is 1. The van der Waals surface area contributed by atoms with Gasteiger partial charge in [0.2, 0.25) is 0 Å². The molecule has 3 rings (SSSR count). The number of ether oxygens (including phenoxy) is 1. The first-order chi connectivity index (χ1) is 8.73. The Morgan fingerprint density at radius 3 is 2.78 bits per heavy atom. The van der Waals surface area contributed by atoms with Gasteiger partial charge < -0.3 is 9.84 Å². The van der Waals surface area contributed by atoms with Crippen LogP contribution in [0.4, 0.5) is 0 Å². The number of thioether (sulfide) groups is 1. The molecule has 0 saturated carbocycles. The van der Waals surface area contributed by atoms with E-state index in [1.165, 1.54) is 24.3 Å². The van der Waals surface area contributed by atoms with Crippen molar-refractivity contribution >= 4 is 11.8 Å². The molecule has 0 aromatic carbocycles. The summed E-state index contributed by atoms with van der Waals surface area (Å²) in [7, 11) is 0. The third-order valence-corrected chi connectivity index (χ3v) is 5.94. The minimum atomic E-state index is -0.542. The molecule has 0 amide bonds. The van der Waals surface area contributed by atoms with Crippen molar-refractivity contribution in [1.82, 2.24) is 0 Å². The predicted octanol–water partition coefficient (Wildman–Crippen LogP) is 3.15.